The van der Waals surface area contributed by atoms with Crippen molar-refractivity contribution in [3.05, 3.63) is 152 Å². The lowest BCUT2D eigenvalue weighted by Crippen LogP contribution is -2.16. The lowest BCUT2D eigenvalue weighted by molar-refractivity contribution is 0.477. The first-order valence-corrected chi connectivity index (χ1v) is 15.2. The van der Waals surface area contributed by atoms with E-state index in [1.165, 1.54) is 27.5 Å². The van der Waals surface area contributed by atoms with E-state index >= 15 is 0 Å². The highest BCUT2D eigenvalue weighted by atomic mass is 16.5. The van der Waals surface area contributed by atoms with Gasteiger partial charge in [0.15, 0.2) is 11.5 Å². The third kappa shape index (κ3) is 3.45. The van der Waals surface area contributed by atoms with Crippen LogP contribution in [-0.4, -0.2) is 9.55 Å². The number of benzene rings is 7. The summed E-state index contributed by atoms with van der Waals surface area (Å²) < 4.78 is 8.86. The van der Waals surface area contributed by atoms with E-state index in [-0.39, 0.29) is 0 Å². The molecule has 2 aliphatic rings. The highest BCUT2D eigenvalue weighted by Crippen LogP contribution is 2.60. The van der Waals surface area contributed by atoms with Crippen LogP contribution in [0.25, 0.3) is 61.1 Å². The summed E-state index contributed by atoms with van der Waals surface area (Å²) in [7, 11) is 0. The van der Waals surface area contributed by atoms with Gasteiger partial charge in [-0.1, -0.05) is 103 Å². The molecule has 10 rings (SSSR count). The van der Waals surface area contributed by atoms with Crippen LogP contribution in [0.1, 0.15) is 0 Å². The molecule has 4 heteroatoms. The molecule has 0 N–H and O–H groups in total. The Bertz CT molecular complexity index is 2480. The minimum absolute atomic E-state index is 0.839. The quantitative estimate of drug-likeness (QED) is 0.205. The maximum absolute atomic E-state index is 6.60. The molecule has 45 heavy (non-hydrogen) atoms. The van der Waals surface area contributed by atoms with E-state index in [0.29, 0.717) is 0 Å². The Morgan fingerprint density at radius 2 is 1.31 bits per heavy atom. The van der Waals surface area contributed by atoms with Crippen LogP contribution in [0.15, 0.2) is 152 Å². The smallest absolute Gasteiger partial charge is 0.152 e. The standard InChI is InChI=1S/C41H25N3O/c1-2-12-28(13-3-1)43-34-17-7-6-16-33(34)42-41(43)27-22-23-30-31-24-21-26-11-4-5-14-29(26)39(31)32-15-10-20-38-40(32)44(36(30)25-27)35-18-8-9-19-37(35)45-38/h1-25H. The molecule has 0 saturated heterocycles. The lowest BCUT2D eigenvalue weighted by Gasteiger charge is -2.34. The Balaban J connectivity index is 1.32. The number of hydrogen-bond donors (Lipinski definition) is 0. The van der Waals surface area contributed by atoms with E-state index in [0.717, 1.165) is 62.2 Å². The van der Waals surface area contributed by atoms with Crippen molar-refractivity contribution >= 4 is 38.9 Å². The molecular formula is C41H25N3O. The second-order valence-corrected chi connectivity index (χ2v) is 11.6. The van der Waals surface area contributed by atoms with Crippen LogP contribution in [0.3, 0.4) is 0 Å². The van der Waals surface area contributed by atoms with Gasteiger partial charge < -0.3 is 9.64 Å². The van der Waals surface area contributed by atoms with E-state index in [4.69, 9.17) is 9.72 Å². The van der Waals surface area contributed by atoms with Crippen LogP contribution >= 0.6 is 0 Å². The fraction of sp³-hybridized carbons (Fsp3) is 0. The minimum Gasteiger partial charge on any atom is -0.453 e. The van der Waals surface area contributed by atoms with Gasteiger partial charge >= 0.3 is 0 Å². The van der Waals surface area contributed by atoms with Crippen molar-refractivity contribution in [2.45, 2.75) is 0 Å². The van der Waals surface area contributed by atoms with Crippen molar-refractivity contribution in [1.82, 2.24) is 9.55 Å². The Kier molecular flexibility index (Phi) is 4.96. The molecule has 0 amide bonds. The highest BCUT2D eigenvalue weighted by Gasteiger charge is 2.34. The molecule has 0 unspecified atom stereocenters. The molecule has 0 radical (unpaired) electrons. The molecule has 0 spiro atoms. The molecule has 210 valence electrons. The zero-order chi connectivity index (χ0) is 29.5. The van der Waals surface area contributed by atoms with E-state index in [1.54, 1.807) is 0 Å². The van der Waals surface area contributed by atoms with Crippen LogP contribution in [0, 0.1) is 0 Å². The van der Waals surface area contributed by atoms with Crippen LogP contribution < -0.4 is 9.64 Å². The Hall–Kier alpha value is -6.13. The van der Waals surface area contributed by atoms with E-state index in [1.807, 2.05) is 6.07 Å². The van der Waals surface area contributed by atoms with Crippen molar-refractivity contribution in [2.24, 2.45) is 0 Å². The Morgan fingerprint density at radius 1 is 0.533 bits per heavy atom. The fourth-order valence-corrected chi connectivity index (χ4v) is 7.18. The number of anilines is 3. The van der Waals surface area contributed by atoms with Crippen molar-refractivity contribution in [3.8, 4) is 50.8 Å². The summed E-state index contributed by atoms with van der Waals surface area (Å²) in [5.74, 6) is 2.59. The normalized spacial score (nSPS) is 12.6. The van der Waals surface area contributed by atoms with Crippen LogP contribution in [0.2, 0.25) is 0 Å². The summed E-state index contributed by atoms with van der Waals surface area (Å²) >= 11 is 0. The molecule has 1 aromatic heterocycles. The number of rotatable bonds is 2. The zero-order valence-corrected chi connectivity index (χ0v) is 24.2. The number of fused-ring (bicyclic) bond motifs is 10. The first kappa shape index (κ1) is 24.3. The average Bonchev–Trinajstić information content (AvgIpc) is 3.44. The predicted octanol–water partition coefficient (Wildman–Crippen LogP) is 11.1. The number of imidazole rings is 1. The van der Waals surface area contributed by atoms with E-state index in [9.17, 15) is 0 Å². The van der Waals surface area contributed by atoms with Gasteiger partial charge in [0.2, 0.25) is 0 Å². The topological polar surface area (TPSA) is 30.3 Å². The van der Waals surface area contributed by atoms with Gasteiger partial charge in [0, 0.05) is 22.4 Å². The third-order valence-corrected chi connectivity index (χ3v) is 9.11. The zero-order valence-electron chi connectivity index (χ0n) is 24.2. The van der Waals surface area contributed by atoms with Crippen molar-refractivity contribution in [2.75, 3.05) is 4.90 Å². The SMILES string of the molecule is c1ccc(-n2c(-c3ccc4c(c3)N3c5ccccc5Oc5cccc(c53)-c3c-4ccc4ccccc34)nc3ccccc32)cc1. The fourth-order valence-electron chi connectivity index (χ4n) is 7.18. The van der Waals surface area contributed by atoms with Crippen molar-refractivity contribution < 1.29 is 4.74 Å². The second-order valence-electron chi connectivity index (χ2n) is 11.6. The van der Waals surface area contributed by atoms with Gasteiger partial charge in [0.05, 0.1) is 28.1 Å². The molecule has 0 fully saturated rings. The van der Waals surface area contributed by atoms with Crippen LogP contribution in [0.5, 0.6) is 11.5 Å². The summed E-state index contributed by atoms with van der Waals surface area (Å²) in [4.78, 5) is 7.60. The van der Waals surface area contributed by atoms with Gasteiger partial charge in [0.25, 0.3) is 0 Å². The molecule has 3 heterocycles. The second kappa shape index (κ2) is 9.18. The van der Waals surface area contributed by atoms with Gasteiger partial charge in [-0.3, -0.25) is 4.57 Å². The molecule has 0 atom stereocenters. The third-order valence-electron chi connectivity index (χ3n) is 9.11. The minimum atomic E-state index is 0.839. The monoisotopic (exact) mass is 575 g/mol. The van der Waals surface area contributed by atoms with Crippen LogP contribution in [-0.2, 0) is 0 Å². The van der Waals surface area contributed by atoms with Crippen LogP contribution in [0.4, 0.5) is 17.1 Å². The molecule has 7 aromatic carbocycles. The number of nitrogens with zero attached hydrogens (tertiary/aromatic N) is 3. The Labute approximate surface area is 260 Å². The summed E-state index contributed by atoms with van der Waals surface area (Å²) in [6.07, 6.45) is 0. The average molecular weight is 576 g/mol. The largest absolute Gasteiger partial charge is 0.453 e. The molecule has 0 saturated carbocycles. The first-order chi connectivity index (χ1) is 22.3. The first-order valence-electron chi connectivity index (χ1n) is 15.2. The van der Waals surface area contributed by atoms with Gasteiger partial charge in [-0.05, 0) is 70.4 Å². The van der Waals surface area contributed by atoms with Crippen molar-refractivity contribution in [1.29, 1.82) is 0 Å². The molecule has 0 bridgehead atoms. The number of para-hydroxylation sites is 6. The molecule has 8 aromatic rings. The summed E-state index contributed by atoms with van der Waals surface area (Å²) in [5.41, 5.74) is 12.1. The summed E-state index contributed by atoms with van der Waals surface area (Å²) in [6, 6.07) is 53.6. The van der Waals surface area contributed by atoms with Crippen molar-refractivity contribution in [3.63, 3.8) is 0 Å². The van der Waals surface area contributed by atoms with E-state index in [2.05, 4.69) is 155 Å². The van der Waals surface area contributed by atoms with Gasteiger partial charge in [0.1, 0.15) is 5.82 Å². The number of aromatic nitrogens is 2. The molecule has 4 nitrogen and oxygen atoms in total. The molecular weight excluding hydrogens is 550 g/mol. The summed E-state index contributed by atoms with van der Waals surface area (Å²) in [5, 5.41) is 2.44. The maximum Gasteiger partial charge on any atom is 0.152 e. The lowest BCUT2D eigenvalue weighted by atomic mass is 9.89. The van der Waals surface area contributed by atoms with Gasteiger partial charge in [-0.25, -0.2) is 4.98 Å². The predicted molar refractivity (Wildman–Crippen MR) is 183 cm³/mol. The van der Waals surface area contributed by atoms with Gasteiger partial charge in [-0.15, -0.1) is 0 Å². The van der Waals surface area contributed by atoms with Gasteiger partial charge in [-0.2, -0.15) is 0 Å². The summed E-state index contributed by atoms with van der Waals surface area (Å²) in [6.45, 7) is 0. The highest BCUT2D eigenvalue weighted by molar-refractivity contribution is 6.13. The molecule has 2 aliphatic heterocycles. The Morgan fingerprint density at radius 3 is 2.27 bits per heavy atom. The molecule has 0 aliphatic carbocycles. The number of hydrogen-bond acceptors (Lipinski definition) is 3. The maximum atomic E-state index is 6.60. The number of ether oxygens (including phenoxy) is 1. The van der Waals surface area contributed by atoms with E-state index < -0.39 is 0 Å².